The van der Waals surface area contributed by atoms with Crippen molar-refractivity contribution < 1.29 is 23.9 Å². The van der Waals surface area contributed by atoms with Gasteiger partial charge in [0.05, 0.1) is 20.1 Å². The second-order valence-electron chi connectivity index (χ2n) is 5.72. The predicted octanol–water partition coefficient (Wildman–Crippen LogP) is 1.74. The predicted molar refractivity (Wildman–Crippen MR) is 91.4 cm³/mol. The van der Waals surface area contributed by atoms with E-state index >= 15 is 0 Å². The number of nitriles is 1. The van der Waals surface area contributed by atoms with Gasteiger partial charge in [0.25, 0.3) is 5.91 Å². The highest BCUT2D eigenvalue weighted by molar-refractivity contribution is 5.84. The fourth-order valence-electron chi connectivity index (χ4n) is 3.14. The van der Waals surface area contributed by atoms with Gasteiger partial charge in [-0.2, -0.15) is 9.83 Å². The van der Waals surface area contributed by atoms with Crippen molar-refractivity contribution >= 4 is 5.91 Å². The fourth-order valence-corrected chi connectivity index (χ4v) is 3.14. The minimum absolute atomic E-state index is 0.0816. The Morgan fingerprint density at radius 2 is 1.85 bits per heavy atom. The van der Waals surface area contributed by atoms with Gasteiger partial charge in [-0.1, -0.05) is 12.1 Å². The summed E-state index contributed by atoms with van der Waals surface area (Å²) in [6.07, 6.45) is 3.49. The molecule has 0 aliphatic carbocycles. The van der Waals surface area contributed by atoms with E-state index in [2.05, 4.69) is 5.32 Å². The van der Waals surface area contributed by atoms with E-state index in [0.717, 1.165) is 0 Å². The molecule has 3 rings (SSSR count). The minimum Gasteiger partial charge on any atom is -0.494 e. The van der Waals surface area contributed by atoms with Gasteiger partial charge in [-0.05, 0) is 17.7 Å². The van der Waals surface area contributed by atoms with Crippen LogP contribution in [0.2, 0.25) is 0 Å². The van der Waals surface area contributed by atoms with Crippen molar-refractivity contribution in [2.24, 2.45) is 0 Å². The van der Waals surface area contributed by atoms with E-state index in [9.17, 15) is 15.2 Å². The number of hydrogen-bond donors (Lipinski definition) is 2. The lowest BCUT2D eigenvalue weighted by molar-refractivity contribution is -0.711. The maximum Gasteiger partial charge on any atom is 0.296 e. The number of allylic oxidation sites excluding steroid dienone is 1. The standard InChI is InChI=1S/C19H17N3O4/c1-25-14-7-6-12(10-15(14)26-2)16-13(11-20)18(23)21-19(24)17(16)22-8-4-3-5-9-22/h3-10,16-17H,1-2H3,(H-,21,23,24)/p+1/t16-,17-/m1/s1. The van der Waals surface area contributed by atoms with Gasteiger partial charge in [0, 0.05) is 12.1 Å². The number of aliphatic hydroxyl groups excluding tert-OH is 1. The number of rotatable bonds is 4. The number of pyridine rings is 1. The van der Waals surface area contributed by atoms with Crippen LogP contribution >= 0.6 is 0 Å². The molecule has 0 bridgehead atoms. The lowest BCUT2D eigenvalue weighted by atomic mass is 9.82. The largest absolute Gasteiger partial charge is 0.494 e. The maximum atomic E-state index is 12.6. The first kappa shape index (κ1) is 17.3. The van der Waals surface area contributed by atoms with E-state index < -0.39 is 23.8 Å². The molecule has 2 atom stereocenters. The highest BCUT2D eigenvalue weighted by Gasteiger charge is 2.45. The summed E-state index contributed by atoms with van der Waals surface area (Å²) in [5.41, 5.74) is 0.736. The molecule has 0 radical (unpaired) electrons. The molecule has 26 heavy (non-hydrogen) atoms. The van der Waals surface area contributed by atoms with Crippen molar-refractivity contribution in [3.05, 3.63) is 65.8 Å². The monoisotopic (exact) mass is 352 g/mol. The normalized spacial score (nSPS) is 19.5. The molecule has 0 unspecified atom stereocenters. The molecule has 1 aliphatic rings. The van der Waals surface area contributed by atoms with Crippen LogP contribution in [0.4, 0.5) is 0 Å². The third-order valence-corrected chi connectivity index (χ3v) is 4.34. The number of benzene rings is 1. The Bertz CT molecular complexity index is 903. The second-order valence-corrected chi connectivity index (χ2v) is 5.72. The summed E-state index contributed by atoms with van der Waals surface area (Å²) in [6, 6.07) is 11.9. The Hall–Kier alpha value is -3.53. The zero-order valence-electron chi connectivity index (χ0n) is 14.3. The first-order valence-corrected chi connectivity index (χ1v) is 7.92. The van der Waals surface area contributed by atoms with Crippen molar-refractivity contribution in [3.63, 3.8) is 0 Å². The molecule has 1 amide bonds. The zero-order valence-corrected chi connectivity index (χ0v) is 14.3. The van der Waals surface area contributed by atoms with Crippen LogP contribution in [0.3, 0.4) is 0 Å². The van der Waals surface area contributed by atoms with Gasteiger partial charge in [0.2, 0.25) is 11.9 Å². The van der Waals surface area contributed by atoms with E-state index in [0.29, 0.717) is 17.1 Å². The number of hydrogen-bond acceptors (Lipinski definition) is 5. The quantitative estimate of drug-likeness (QED) is 0.817. The number of nitrogens with one attached hydrogen (secondary N) is 1. The van der Waals surface area contributed by atoms with Gasteiger partial charge in [-0.3, -0.25) is 10.1 Å². The molecule has 2 heterocycles. The van der Waals surface area contributed by atoms with Crippen molar-refractivity contribution in [2.45, 2.75) is 12.0 Å². The minimum atomic E-state index is -0.736. The number of methoxy groups -OCH3 is 2. The Morgan fingerprint density at radius 1 is 1.15 bits per heavy atom. The number of carbonyl (C=O) groups is 1. The van der Waals surface area contributed by atoms with Gasteiger partial charge in [-0.25, -0.2) is 0 Å². The van der Waals surface area contributed by atoms with Gasteiger partial charge in [0.15, 0.2) is 23.9 Å². The van der Waals surface area contributed by atoms with Crippen LogP contribution < -0.4 is 19.4 Å². The Morgan fingerprint density at radius 3 is 2.46 bits per heavy atom. The number of nitrogens with zero attached hydrogens (tertiary/aromatic N) is 2. The highest BCUT2D eigenvalue weighted by Crippen LogP contribution is 2.39. The van der Waals surface area contributed by atoms with Crippen molar-refractivity contribution in [2.75, 3.05) is 14.2 Å². The summed E-state index contributed by atoms with van der Waals surface area (Å²) in [5, 5.41) is 22.1. The van der Waals surface area contributed by atoms with E-state index in [-0.39, 0.29) is 5.57 Å². The fraction of sp³-hybridized carbons (Fsp3) is 0.211. The molecule has 2 N–H and O–H groups in total. The molecule has 132 valence electrons. The number of carbonyl (C=O) groups excluding carboxylic acids is 1. The third-order valence-electron chi connectivity index (χ3n) is 4.34. The van der Waals surface area contributed by atoms with Crippen LogP contribution in [0.5, 0.6) is 11.5 Å². The number of ether oxygens (including phenoxy) is 2. The van der Waals surface area contributed by atoms with Gasteiger partial charge in [-0.15, -0.1) is 0 Å². The molecule has 0 spiro atoms. The Kier molecular flexibility index (Phi) is 4.76. The summed E-state index contributed by atoms with van der Waals surface area (Å²) in [4.78, 5) is 12.6. The van der Waals surface area contributed by atoms with Gasteiger partial charge >= 0.3 is 0 Å². The summed E-state index contributed by atoms with van der Waals surface area (Å²) in [7, 11) is 3.04. The molecule has 2 aromatic rings. The highest BCUT2D eigenvalue weighted by atomic mass is 16.5. The summed E-state index contributed by atoms with van der Waals surface area (Å²) in [5.74, 6) is -0.500. The van der Waals surface area contributed by atoms with Crippen LogP contribution in [0, 0.1) is 11.3 Å². The number of aromatic nitrogens is 1. The zero-order chi connectivity index (χ0) is 18.7. The molecular weight excluding hydrogens is 334 g/mol. The van der Waals surface area contributed by atoms with Crippen LogP contribution in [-0.2, 0) is 4.79 Å². The van der Waals surface area contributed by atoms with Crippen LogP contribution in [-0.4, -0.2) is 25.2 Å². The topological polar surface area (TPSA) is 95.5 Å². The number of amides is 1. The van der Waals surface area contributed by atoms with Crippen molar-refractivity contribution in [3.8, 4) is 17.6 Å². The molecule has 1 aromatic carbocycles. The van der Waals surface area contributed by atoms with Crippen molar-refractivity contribution in [1.29, 1.82) is 5.26 Å². The lowest BCUT2D eigenvalue weighted by Gasteiger charge is -2.27. The first-order valence-electron chi connectivity index (χ1n) is 7.92. The molecule has 0 saturated heterocycles. The molecule has 0 saturated carbocycles. The van der Waals surface area contributed by atoms with Crippen molar-refractivity contribution in [1.82, 2.24) is 5.32 Å². The lowest BCUT2D eigenvalue weighted by Crippen LogP contribution is -2.53. The van der Waals surface area contributed by atoms with Gasteiger partial charge < -0.3 is 14.6 Å². The van der Waals surface area contributed by atoms with E-state index in [1.165, 1.54) is 14.2 Å². The number of aliphatic hydroxyl groups is 1. The molecular formula is C19H18N3O4+. The summed E-state index contributed by atoms with van der Waals surface area (Å²) < 4.78 is 12.3. The molecule has 7 nitrogen and oxygen atoms in total. The molecule has 1 aromatic heterocycles. The van der Waals surface area contributed by atoms with E-state index in [1.54, 1.807) is 47.3 Å². The van der Waals surface area contributed by atoms with Crippen LogP contribution in [0.25, 0.3) is 0 Å². The average Bonchev–Trinajstić information content (AvgIpc) is 2.67. The molecule has 0 fully saturated rings. The smallest absolute Gasteiger partial charge is 0.296 e. The third kappa shape index (κ3) is 2.93. The maximum absolute atomic E-state index is 12.6. The first-order chi connectivity index (χ1) is 12.6. The Labute approximate surface area is 150 Å². The van der Waals surface area contributed by atoms with Crippen LogP contribution in [0.1, 0.15) is 17.5 Å². The van der Waals surface area contributed by atoms with E-state index in [1.807, 2.05) is 12.1 Å². The van der Waals surface area contributed by atoms with Crippen LogP contribution in [0.15, 0.2) is 60.2 Å². The second kappa shape index (κ2) is 7.15. The van der Waals surface area contributed by atoms with E-state index in [4.69, 9.17) is 9.47 Å². The summed E-state index contributed by atoms with van der Waals surface area (Å²) in [6.45, 7) is 0. The van der Waals surface area contributed by atoms with Gasteiger partial charge in [0.1, 0.15) is 11.6 Å². The average molecular weight is 352 g/mol. The SMILES string of the molecule is COc1ccc([C@@H]2C(C#N)=C(O)NC(=O)[C@@H]2[n+]2ccccc2)cc1OC. The molecule has 1 aliphatic heterocycles. The summed E-state index contributed by atoms with van der Waals surface area (Å²) >= 11 is 0. The molecule has 7 heteroatoms. The Balaban J connectivity index is 2.19.